The van der Waals surface area contributed by atoms with Crippen LogP contribution >= 0.6 is 0 Å². The van der Waals surface area contributed by atoms with Crippen molar-refractivity contribution < 1.29 is 19.7 Å². The van der Waals surface area contributed by atoms with E-state index in [2.05, 4.69) is 5.32 Å². The summed E-state index contributed by atoms with van der Waals surface area (Å²) >= 11 is 0. The van der Waals surface area contributed by atoms with Gasteiger partial charge in [-0.25, -0.2) is 0 Å². The molecular weight excluding hydrogens is 306 g/mol. The monoisotopic (exact) mass is 337 g/mol. The summed E-state index contributed by atoms with van der Waals surface area (Å²) in [5.41, 5.74) is 0.0668. The van der Waals surface area contributed by atoms with Crippen molar-refractivity contribution in [3.63, 3.8) is 0 Å². The number of hydrogen-bond donors (Lipinski definition) is 3. The molecule has 0 radical (unpaired) electrons. The molecule has 0 saturated carbocycles. The Bertz CT molecular complexity index is 531. The van der Waals surface area contributed by atoms with Gasteiger partial charge in [0.2, 0.25) is 0 Å². The Labute approximate surface area is 145 Å². The van der Waals surface area contributed by atoms with E-state index in [0.29, 0.717) is 12.3 Å². The molecular formula is C19H31NO4. The minimum atomic E-state index is -0.836. The number of nitrogens with one attached hydrogen (secondary N) is 1. The number of rotatable bonds is 8. The fraction of sp³-hybridized carbons (Fsp3) is 0.632. The average Bonchev–Trinajstić information content (AvgIpc) is 2.49. The minimum absolute atomic E-state index is 0.0459. The quantitative estimate of drug-likeness (QED) is 0.679. The van der Waals surface area contributed by atoms with E-state index in [1.807, 2.05) is 52.0 Å². The van der Waals surface area contributed by atoms with Gasteiger partial charge >= 0.3 is 5.97 Å². The lowest BCUT2D eigenvalue weighted by atomic mass is 9.76. The fourth-order valence-electron chi connectivity index (χ4n) is 2.13. The number of aliphatic hydroxyl groups is 1. The summed E-state index contributed by atoms with van der Waals surface area (Å²) in [6.07, 6.45) is -0.589. The van der Waals surface area contributed by atoms with Crippen LogP contribution in [0, 0.1) is 5.41 Å². The molecule has 0 heterocycles. The van der Waals surface area contributed by atoms with Gasteiger partial charge in [-0.2, -0.15) is 0 Å². The Kier molecular flexibility index (Phi) is 6.81. The number of β-amino-alcohol motifs (C(OH)–C–C–N with tert-alkyl or cyclic N) is 1. The number of carboxylic acids is 1. The van der Waals surface area contributed by atoms with Crippen molar-refractivity contribution in [2.24, 2.45) is 5.41 Å². The highest BCUT2D eigenvalue weighted by atomic mass is 16.5. The van der Waals surface area contributed by atoms with Crippen LogP contribution in [0.3, 0.4) is 0 Å². The molecule has 0 bridgehead atoms. The van der Waals surface area contributed by atoms with Gasteiger partial charge in [-0.3, -0.25) is 4.79 Å². The van der Waals surface area contributed by atoms with Crippen LogP contribution in [0.25, 0.3) is 0 Å². The molecule has 0 saturated heterocycles. The Balaban J connectivity index is 2.58. The zero-order valence-electron chi connectivity index (χ0n) is 15.6. The standard InChI is InChI=1S/C19H31NO4/c1-13(19(5,6)17(22)23)14-7-9-16(10-8-14)24-12-15(21)11-20-18(2,3)4/h7-10,13,15,20-21H,11-12H2,1-6H3,(H,22,23). The molecule has 5 heteroatoms. The van der Waals surface area contributed by atoms with Crippen LogP contribution in [0.2, 0.25) is 0 Å². The molecule has 0 spiro atoms. The van der Waals surface area contributed by atoms with Crippen molar-refractivity contribution in [3.8, 4) is 5.75 Å². The Hall–Kier alpha value is -1.59. The molecule has 2 unspecified atom stereocenters. The van der Waals surface area contributed by atoms with Gasteiger partial charge < -0.3 is 20.3 Å². The predicted octanol–water partition coefficient (Wildman–Crippen LogP) is 3.03. The first-order chi connectivity index (χ1) is 10.9. The van der Waals surface area contributed by atoms with Crippen molar-refractivity contribution >= 4 is 5.97 Å². The van der Waals surface area contributed by atoms with E-state index in [4.69, 9.17) is 4.74 Å². The summed E-state index contributed by atoms with van der Waals surface area (Å²) in [5, 5.41) is 22.5. The van der Waals surface area contributed by atoms with Gasteiger partial charge in [0.15, 0.2) is 0 Å². The highest BCUT2D eigenvalue weighted by Crippen LogP contribution is 2.35. The molecule has 0 amide bonds. The highest BCUT2D eigenvalue weighted by Gasteiger charge is 2.34. The van der Waals surface area contributed by atoms with Crippen LogP contribution in [0.1, 0.15) is 53.0 Å². The minimum Gasteiger partial charge on any atom is -0.491 e. The second-order valence-electron chi connectivity index (χ2n) is 7.91. The number of aliphatic carboxylic acids is 1. The fourth-order valence-corrected chi connectivity index (χ4v) is 2.13. The molecule has 0 aliphatic rings. The molecule has 24 heavy (non-hydrogen) atoms. The molecule has 136 valence electrons. The lowest BCUT2D eigenvalue weighted by molar-refractivity contribution is -0.148. The summed E-state index contributed by atoms with van der Waals surface area (Å²) in [7, 11) is 0. The second kappa shape index (κ2) is 7.99. The van der Waals surface area contributed by atoms with Gasteiger partial charge in [0.05, 0.1) is 5.41 Å². The van der Waals surface area contributed by atoms with E-state index in [-0.39, 0.29) is 18.1 Å². The van der Waals surface area contributed by atoms with Crippen molar-refractivity contribution in [1.29, 1.82) is 0 Å². The molecule has 2 atom stereocenters. The average molecular weight is 337 g/mol. The Morgan fingerprint density at radius 2 is 1.71 bits per heavy atom. The van der Waals surface area contributed by atoms with E-state index in [1.165, 1.54) is 0 Å². The third kappa shape index (κ3) is 6.13. The van der Waals surface area contributed by atoms with Gasteiger partial charge in [-0.05, 0) is 58.2 Å². The van der Waals surface area contributed by atoms with E-state index >= 15 is 0 Å². The largest absolute Gasteiger partial charge is 0.491 e. The van der Waals surface area contributed by atoms with Gasteiger partial charge in [0.1, 0.15) is 18.5 Å². The third-order valence-corrected chi connectivity index (χ3v) is 4.32. The maximum absolute atomic E-state index is 11.4. The van der Waals surface area contributed by atoms with Crippen LogP contribution in [-0.2, 0) is 4.79 Å². The number of benzene rings is 1. The number of hydrogen-bond acceptors (Lipinski definition) is 4. The second-order valence-corrected chi connectivity index (χ2v) is 7.91. The SMILES string of the molecule is CC(c1ccc(OCC(O)CNC(C)(C)C)cc1)C(C)(C)C(=O)O. The van der Waals surface area contributed by atoms with Gasteiger partial charge in [0.25, 0.3) is 0 Å². The van der Waals surface area contributed by atoms with Crippen LogP contribution in [0.4, 0.5) is 0 Å². The topological polar surface area (TPSA) is 78.8 Å². The summed E-state index contributed by atoms with van der Waals surface area (Å²) in [5.74, 6) is -0.274. The Morgan fingerprint density at radius 1 is 1.17 bits per heavy atom. The molecule has 0 fully saturated rings. The normalized spacial score (nSPS) is 15.0. The zero-order valence-corrected chi connectivity index (χ0v) is 15.6. The maximum atomic E-state index is 11.4. The van der Waals surface area contributed by atoms with Crippen molar-refractivity contribution in [2.75, 3.05) is 13.2 Å². The summed E-state index contributed by atoms with van der Waals surface area (Å²) < 4.78 is 5.59. The molecule has 3 N–H and O–H groups in total. The first kappa shape index (κ1) is 20.5. The number of carboxylic acid groups (broad SMARTS) is 1. The number of ether oxygens (including phenoxy) is 1. The van der Waals surface area contributed by atoms with Gasteiger partial charge in [-0.15, -0.1) is 0 Å². The highest BCUT2D eigenvalue weighted by molar-refractivity contribution is 5.75. The summed E-state index contributed by atoms with van der Waals surface area (Å²) in [6.45, 7) is 12.2. The van der Waals surface area contributed by atoms with Gasteiger partial charge in [0, 0.05) is 12.1 Å². The molecule has 1 aromatic carbocycles. The van der Waals surface area contributed by atoms with Crippen LogP contribution in [0.5, 0.6) is 5.75 Å². The van der Waals surface area contributed by atoms with Crippen LogP contribution in [0.15, 0.2) is 24.3 Å². The molecule has 5 nitrogen and oxygen atoms in total. The molecule has 0 aliphatic heterocycles. The van der Waals surface area contributed by atoms with E-state index < -0.39 is 17.5 Å². The lowest BCUT2D eigenvalue weighted by Gasteiger charge is -2.27. The number of carbonyl (C=O) groups is 1. The zero-order chi connectivity index (χ0) is 18.5. The predicted molar refractivity (Wildman–Crippen MR) is 95.5 cm³/mol. The van der Waals surface area contributed by atoms with Crippen LogP contribution < -0.4 is 10.1 Å². The number of aliphatic hydroxyl groups excluding tert-OH is 1. The Morgan fingerprint density at radius 3 is 2.17 bits per heavy atom. The van der Waals surface area contributed by atoms with E-state index in [1.54, 1.807) is 13.8 Å². The third-order valence-electron chi connectivity index (χ3n) is 4.32. The lowest BCUT2D eigenvalue weighted by Crippen LogP contribution is -2.42. The van der Waals surface area contributed by atoms with Crippen molar-refractivity contribution in [1.82, 2.24) is 5.32 Å². The van der Waals surface area contributed by atoms with Crippen molar-refractivity contribution in [3.05, 3.63) is 29.8 Å². The smallest absolute Gasteiger partial charge is 0.309 e. The van der Waals surface area contributed by atoms with Crippen LogP contribution in [-0.4, -0.2) is 41.0 Å². The van der Waals surface area contributed by atoms with E-state index in [9.17, 15) is 15.0 Å². The van der Waals surface area contributed by atoms with Crippen molar-refractivity contribution in [2.45, 2.75) is 59.1 Å². The maximum Gasteiger partial charge on any atom is 0.309 e. The molecule has 1 aromatic rings. The molecule has 0 aliphatic carbocycles. The summed E-state index contributed by atoms with van der Waals surface area (Å²) in [4.78, 5) is 11.4. The first-order valence-corrected chi connectivity index (χ1v) is 8.32. The van der Waals surface area contributed by atoms with E-state index in [0.717, 1.165) is 5.56 Å². The molecule has 0 aromatic heterocycles. The molecule has 1 rings (SSSR count). The van der Waals surface area contributed by atoms with Gasteiger partial charge in [-0.1, -0.05) is 19.1 Å². The summed E-state index contributed by atoms with van der Waals surface area (Å²) in [6, 6.07) is 7.39. The first-order valence-electron chi connectivity index (χ1n) is 8.32.